The number of nitrogens with zero attached hydrogens (tertiary/aromatic N) is 2. The second-order valence-electron chi connectivity index (χ2n) is 7.12. The lowest BCUT2D eigenvalue weighted by Crippen LogP contribution is -2.50. The lowest BCUT2D eigenvalue weighted by Gasteiger charge is -2.26. The number of rotatable bonds is 6. The Kier molecular flexibility index (Phi) is 5.69. The van der Waals surface area contributed by atoms with Crippen LogP contribution < -0.4 is 24.2 Å². The molecular formula is C22H20ClN3O6S. The number of halogens is 1. The number of benzene rings is 2. The number of ether oxygens (including phenoxy) is 3. The van der Waals surface area contributed by atoms with E-state index in [-0.39, 0.29) is 38.4 Å². The molecule has 0 saturated carbocycles. The third kappa shape index (κ3) is 3.38. The van der Waals surface area contributed by atoms with Crippen LogP contribution >= 0.6 is 11.6 Å². The number of nitrogens with two attached hydrogens (primary N) is 1. The van der Waals surface area contributed by atoms with E-state index in [1.807, 2.05) is 0 Å². The zero-order valence-electron chi connectivity index (χ0n) is 17.9. The molecule has 3 aromatic rings. The number of aromatic nitrogens is 1. The highest BCUT2D eigenvalue weighted by Crippen LogP contribution is 2.48. The van der Waals surface area contributed by atoms with Crippen molar-refractivity contribution in [3.05, 3.63) is 70.9 Å². The van der Waals surface area contributed by atoms with Crippen molar-refractivity contribution in [2.75, 3.05) is 25.6 Å². The lowest BCUT2D eigenvalue weighted by molar-refractivity contribution is -0.120. The molecular weight excluding hydrogens is 470 g/mol. The average Bonchev–Trinajstić information content (AvgIpc) is 3.06. The molecule has 1 amide bonds. The Hall–Kier alpha value is -3.34. The summed E-state index contributed by atoms with van der Waals surface area (Å²) < 4.78 is 44.0. The van der Waals surface area contributed by atoms with Gasteiger partial charge in [-0.15, -0.1) is 0 Å². The molecule has 0 fully saturated rings. The van der Waals surface area contributed by atoms with Crippen molar-refractivity contribution < 1.29 is 27.4 Å². The Labute approximate surface area is 195 Å². The minimum absolute atomic E-state index is 0.00569. The van der Waals surface area contributed by atoms with Gasteiger partial charge in [-0.1, -0.05) is 11.6 Å². The van der Waals surface area contributed by atoms with Crippen LogP contribution in [0.15, 0.2) is 59.6 Å². The molecule has 2 aromatic carbocycles. The molecule has 172 valence electrons. The monoisotopic (exact) mass is 489 g/mol. The Morgan fingerprint density at radius 2 is 1.76 bits per heavy atom. The van der Waals surface area contributed by atoms with Crippen LogP contribution in [0.25, 0.3) is 0 Å². The average molecular weight is 490 g/mol. The fourth-order valence-electron chi connectivity index (χ4n) is 3.82. The predicted octanol–water partition coefficient (Wildman–Crippen LogP) is 2.70. The SMILES string of the molecule is COc1ccc(S(=O)(=O)N2C(=O)C(N)(c3cccnc3OC)c3cc(Cl)ccc32)c(OC)c1. The summed E-state index contributed by atoms with van der Waals surface area (Å²) >= 11 is 6.20. The number of hydrogen-bond acceptors (Lipinski definition) is 8. The van der Waals surface area contributed by atoms with E-state index in [1.165, 1.54) is 63.9 Å². The first-order valence-corrected chi connectivity index (χ1v) is 11.4. The molecule has 0 bridgehead atoms. The van der Waals surface area contributed by atoms with Gasteiger partial charge in [0.2, 0.25) is 5.88 Å². The highest BCUT2D eigenvalue weighted by molar-refractivity contribution is 7.93. The van der Waals surface area contributed by atoms with Gasteiger partial charge in [0.15, 0.2) is 5.54 Å². The van der Waals surface area contributed by atoms with Gasteiger partial charge in [0, 0.05) is 28.4 Å². The number of fused-ring (bicyclic) bond motifs is 1. The van der Waals surface area contributed by atoms with Crippen LogP contribution in [-0.4, -0.2) is 40.6 Å². The lowest BCUT2D eigenvalue weighted by atomic mass is 9.85. The molecule has 1 aromatic heterocycles. The third-order valence-corrected chi connectivity index (χ3v) is 7.37. The number of amides is 1. The van der Waals surface area contributed by atoms with Crippen molar-refractivity contribution >= 4 is 33.2 Å². The fraction of sp³-hybridized carbons (Fsp3) is 0.182. The highest BCUT2D eigenvalue weighted by atomic mass is 35.5. The highest BCUT2D eigenvalue weighted by Gasteiger charge is 2.55. The van der Waals surface area contributed by atoms with Gasteiger partial charge in [-0.25, -0.2) is 17.7 Å². The maximum atomic E-state index is 13.8. The number of carbonyl (C=O) groups is 1. The Morgan fingerprint density at radius 1 is 1.00 bits per heavy atom. The van der Waals surface area contributed by atoms with Crippen LogP contribution in [0.3, 0.4) is 0 Å². The molecule has 2 heterocycles. The van der Waals surface area contributed by atoms with E-state index in [0.717, 1.165) is 0 Å². The summed E-state index contributed by atoms with van der Waals surface area (Å²) in [5, 5.41) is 0.278. The molecule has 1 unspecified atom stereocenters. The van der Waals surface area contributed by atoms with Gasteiger partial charge in [0.25, 0.3) is 15.9 Å². The minimum atomic E-state index is -4.46. The van der Waals surface area contributed by atoms with E-state index in [1.54, 1.807) is 12.1 Å². The molecule has 9 nitrogen and oxygen atoms in total. The quantitative estimate of drug-likeness (QED) is 0.561. The maximum Gasteiger partial charge on any atom is 0.274 e. The van der Waals surface area contributed by atoms with Gasteiger partial charge in [-0.05, 0) is 42.5 Å². The molecule has 0 spiro atoms. The van der Waals surface area contributed by atoms with Gasteiger partial charge in [0.1, 0.15) is 16.4 Å². The van der Waals surface area contributed by atoms with E-state index in [2.05, 4.69) is 4.98 Å². The zero-order valence-corrected chi connectivity index (χ0v) is 19.5. The van der Waals surface area contributed by atoms with Crippen LogP contribution in [0.4, 0.5) is 5.69 Å². The largest absolute Gasteiger partial charge is 0.497 e. The zero-order chi connectivity index (χ0) is 24.0. The molecule has 0 aliphatic carbocycles. The molecule has 1 aliphatic rings. The molecule has 4 rings (SSSR count). The van der Waals surface area contributed by atoms with Crippen LogP contribution in [0.5, 0.6) is 17.4 Å². The maximum absolute atomic E-state index is 13.8. The number of anilines is 1. The summed E-state index contributed by atoms with van der Waals surface area (Å²) in [7, 11) is -0.320. The van der Waals surface area contributed by atoms with Crippen LogP contribution in [0.2, 0.25) is 5.02 Å². The van der Waals surface area contributed by atoms with Crippen molar-refractivity contribution in [1.29, 1.82) is 0 Å². The summed E-state index contributed by atoms with van der Waals surface area (Å²) in [5.74, 6) is -0.436. The summed E-state index contributed by atoms with van der Waals surface area (Å²) in [6.45, 7) is 0. The van der Waals surface area contributed by atoms with Crippen molar-refractivity contribution in [2.24, 2.45) is 5.73 Å². The van der Waals surface area contributed by atoms with Gasteiger partial charge < -0.3 is 19.9 Å². The first kappa shape index (κ1) is 22.8. The molecule has 2 N–H and O–H groups in total. The molecule has 1 aliphatic heterocycles. The normalized spacial score (nSPS) is 17.6. The Morgan fingerprint density at radius 3 is 2.42 bits per heavy atom. The summed E-state index contributed by atoms with van der Waals surface area (Å²) in [6, 6.07) is 11.7. The number of pyridine rings is 1. The Balaban J connectivity index is 1.98. The topological polar surface area (TPSA) is 121 Å². The number of hydrogen-bond donors (Lipinski definition) is 1. The first-order valence-electron chi connectivity index (χ1n) is 9.60. The van der Waals surface area contributed by atoms with Crippen LogP contribution in [-0.2, 0) is 20.4 Å². The molecule has 0 radical (unpaired) electrons. The standard InChI is InChI=1S/C22H20ClN3O6S/c1-30-14-7-9-19(18(12-14)31-2)33(28,29)26-17-8-6-13(23)11-16(17)22(24,21(26)27)15-5-4-10-25-20(15)32-3/h4-12H,24H2,1-3H3. The summed E-state index contributed by atoms with van der Waals surface area (Å²) in [4.78, 5) is 17.7. The van der Waals surface area contributed by atoms with Gasteiger partial charge in [-0.2, -0.15) is 0 Å². The second-order valence-corrected chi connectivity index (χ2v) is 9.31. The van der Waals surface area contributed by atoms with Crippen LogP contribution in [0, 0.1) is 0 Å². The molecule has 11 heteroatoms. The molecule has 1 atom stereocenters. The number of carbonyl (C=O) groups excluding carboxylic acids is 1. The summed E-state index contributed by atoms with van der Waals surface area (Å²) in [5.41, 5.74) is 5.21. The molecule has 0 saturated heterocycles. The predicted molar refractivity (Wildman–Crippen MR) is 121 cm³/mol. The number of sulfonamides is 1. The second kappa shape index (κ2) is 8.22. The van der Waals surface area contributed by atoms with Gasteiger partial charge in [0.05, 0.1) is 27.0 Å². The van der Waals surface area contributed by atoms with Gasteiger partial charge >= 0.3 is 0 Å². The van der Waals surface area contributed by atoms with Crippen molar-refractivity contribution in [2.45, 2.75) is 10.4 Å². The Bertz CT molecular complexity index is 1360. The van der Waals surface area contributed by atoms with Crippen molar-refractivity contribution in [1.82, 2.24) is 4.98 Å². The van der Waals surface area contributed by atoms with E-state index in [4.69, 9.17) is 31.5 Å². The van der Waals surface area contributed by atoms with E-state index in [0.29, 0.717) is 10.1 Å². The summed E-state index contributed by atoms with van der Waals surface area (Å²) in [6.07, 6.45) is 1.47. The molecule has 33 heavy (non-hydrogen) atoms. The third-order valence-electron chi connectivity index (χ3n) is 5.40. The smallest absolute Gasteiger partial charge is 0.274 e. The fourth-order valence-corrected chi connectivity index (χ4v) is 5.61. The van der Waals surface area contributed by atoms with E-state index >= 15 is 0 Å². The van der Waals surface area contributed by atoms with Crippen molar-refractivity contribution in [3.8, 4) is 17.4 Å². The van der Waals surface area contributed by atoms with Crippen LogP contribution in [0.1, 0.15) is 11.1 Å². The van der Waals surface area contributed by atoms with E-state index in [9.17, 15) is 13.2 Å². The van der Waals surface area contributed by atoms with Gasteiger partial charge in [-0.3, -0.25) is 4.79 Å². The van der Waals surface area contributed by atoms with Crippen molar-refractivity contribution in [3.63, 3.8) is 0 Å². The van der Waals surface area contributed by atoms with E-state index < -0.39 is 21.5 Å². The first-order chi connectivity index (χ1) is 15.7. The number of methoxy groups -OCH3 is 3. The minimum Gasteiger partial charge on any atom is -0.497 e.